The predicted molar refractivity (Wildman–Crippen MR) is 74.7 cm³/mol. The van der Waals surface area contributed by atoms with Gasteiger partial charge in [0.2, 0.25) is 0 Å². The molecule has 0 heterocycles. The second-order valence-electron chi connectivity index (χ2n) is 5.30. The molecule has 2 rings (SSSR count). The van der Waals surface area contributed by atoms with Crippen LogP contribution in [0.3, 0.4) is 0 Å². The topological polar surface area (TPSA) is 52.9 Å². The summed E-state index contributed by atoms with van der Waals surface area (Å²) in [6, 6.07) is 9.17. The molecule has 1 amide bonds. The van der Waals surface area contributed by atoms with E-state index in [2.05, 4.69) is 18.3 Å². The van der Waals surface area contributed by atoms with Gasteiger partial charge in [0.1, 0.15) is 0 Å². The molecule has 0 spiro atoms. The Labute approximate surface area is 114 Å². The van der Waals surface area contributed by atoms with Crippen LogP contribution in [0.4, 0.5) is 0 Å². The Morgan fingerprint density at radius 1 is 1.37 bits per heavy atom. The minimum Gasteiger partial charge on any atom is -0.349 e. The summed E-state index contributed by atoms with van der Waals surface area (Å²) in [6.07, 6.45) is 5.87. The molecular formula is C16H20N2O. The number of carbonyl (C=O) groups is 1. The van der Waals surface area contributed by atoms with Crippen molar-refractivity contribution in [3.63, 3.8) is 0 Å². The van der Waals surface area contributed by atoms with Crippen molar-refractivity contribution in [3.8, 4) is 6.07 Å². The first-order valence-corrected chi connectivity index (χ1v) is 7.04. The van der Waals surface area contributed by atoms with Gasteiger partial charge in [0.05, 0.1) is 11.6 Å². The molecular weight excluding hydrogens is 236 g/mol. The molecule has 1 aliphatic carbocycles. The van der Waals surface area contributed by atoms with Crippen molar-refractivity contribution in [1.29, 1.82) is 5.26 Å². The van der Waals surface area contributed by atoms with E-state index >= 15 is 0 Å². The molecule has 0 aromatic heterocycles. The van der Waals surface area contributed by atoms with Crippen LogP contribution in [-0.4, -0.2) is 11.9 Å². The Balaban J connectivity index is 1.94. The van der Waals surface area contributed by atoms with Crippen molar-refractivity contribution in [2.24, 2.45) is 5.92 Å². The number of carbonyl (C=O) groups excluding carboxylic acids is 1. The maximum absolute atomic E-state index is 12.1. The van der Waals surface area contributed by atoms with Gasteiger partial charge in [0.15, 0.2) is 0 Å². The van der Waals surface area contributed by atoms with Crippen molar-refractivity contribution in [2.45, 2.75) is 45.1 Å². The lowest BCUT2D eigenvalue weighted by Crippen LogP contribution is -2.38. The summed E-state index contributed by atoms with van der Waals surface area (Å²) in [7, 11) is 0. The Kier molecular flexibility index (Phi) is 4.57. The van der Waals surface area contributed by atoms with E-state index in [0.717, 1.165) is 18.8 Å². The molecule has 1 saturated carbocycles. The first-order valence-electron chi connectivity index (χ1n) is 7.04. The molecule has 100 valence electrons. The molecule has 3 heteroatoms. The third-order valence-electron chi connectivity index (χ3n) is 3.97. The van der Waals surface area contributed by atoms with E-state index < -0.39 is 0 Å². The highest BCUT2D eigenvalue weighted by atomic mass is 16.1. The molecule has 1 fully saturated rings. The standard InChI is InChI=1S/C16H20N2O/c1-2-12-4-3-5-15(10-12)18-16(19)14-8-6-13(11-17)7-9-14/h6-9,12,15H,2-5,10H2,1H3,(H,18,19). The van der Waals surface area contributed by atoms with Gasteiger partial charge in [-0.2, -0.15) is 5.26 Å². The van der Waals surface area contributed by atoms with E-state index in [-0.39, 0.29) is 5.91 Å². The first-order chi connectivity index (χ1) is 9.22. The lowest BCUT2D eigenvalue weighted by atomic mass is 9.84. The lowest BCUT2D eigenvalue weighted by molar-refractivity contribution is 0.0919. The second kappa shape index (κ2) is 6.38. The van der Waals surface area contributed by atoms with Gasteiger partial charge in [-0.25, -0.2) is 0 Å². The normalized spacial score (nSPS) is 22.5. The van der Waals surface area contributed by atoms with Crippen molar-refractivity contribution < 1.29 is 4.79 Å². The van der Waals surface area contributed by atoms with E-state index in [1.807, 2.05) is 0 Å². The summed E-state index contributed by atoms with van der Waals surface area (Å²) in [6.45, 7) is 2.22. The smallest absolute Gasteiger partial charge is 0.251 e. The summed E-state index contributed by atoms with van der Waals surface area (Å²) in [5, 5.41) is 11.8. The summed E-state index contributed by atoms with van der Waals surface area (Å²) >= 11 is 0. The highest BCUT2D eigenvalue weighted by Gasteiger charge is 2.22. The van der Waals surface area contributed by atoms with Crippen LogP contribution in [0.25, 0.3) is 0 Å². The molecule has 1 aliphatic rings. The van der Waals surface area contributed by atoms with Crippen LogP contribution in [-0.2, 0) is 0 Å². The van der Waals surface area contributed by atoms with E-state index in [1.165, 1.54) is 19.3 Å². The minimum absolute atomic E-state index is 0.0220. The van der Waals surface area contributed by atoms with Crippen molar-refractivity contribution in [3.05, 3.63) is 35.4 Å². The molecule has 0 bridgehead atoms. The Morgan fingerprint density at radius 2 is 2.11 bits per heavy atom. The number of rotatable bonds is 3. The molecule has 0 saturated heterocycles. The number of nitriles is 1. The van der Waals surface area contributed by atoms with Crippen LogP contribution < -0.4 is 5.32 Å². The zero-order valence-electron chi connectivity index (χ0n) is 11.4. The average Bonchev–Trinajstić information content (AvgIpc) is 2.47. The van der Waals surface area contributed by atoms with Crippen LogP contribution >= 0.6 is 0 Å². The third-order valence-corrected chi connectivity index (χ3v) is 3.97. The lowest BCUT2D eigenvalue weighted by Gasteiger charge is -2.29. The summed E-state index contributed by atoms with van der Waals surface area (Å²) in [5.74, 6) is 0.728. The molecule has 1 aromatic rings. The van der Waals surface area contributed by atoms with Gasteiger partial charge < -0.3 is 5.32 Å². The predicted octanol–water partition coefficient (Wildman–Crippen LogP) is 3.26. The van der Waals surface area contributed by atoms with Gasteiger partial charge in [0, 0.05) is 11.6 Å². The average molecular weight is 256 g/mol. The minimum atomic E-state index is -0.0220. The molecule has 2 unspecified atom stereocenters. The molecule has 19 heavy (non-hydrogen) atoms. The Morgan fingerprint density at radius 3 is 2.74 bits per heavy atom. The van der Waals surface area contributed by atoms with E-state index in [4.69, 9.17) is 5.26 Å². The van der Waals surface area contributed by atoms with Gasteiger partial charge in [-0.15, -0.1) is 0 Å². The number of amides is 1. The number of hydrogen-bond donors (Lipinski definition) is 1. The maximum atomic E-state index is 12.1. The fraction of sp³-hybridized carbons (Fsp3) is 0.500. The quantitative estimate of drug-likeness (QED) is 0.902. The van der Waals surface area contributed by atoms with Crippen LogP contribution in [0.1, 0.15) is 54.9 Å². The SMILES string of the molecule is CCC1CCCC(NC(=O)c2ccc(C#N)cc2)C1. The van der Waals surface area contributed by atoms with Crippen molar-refractivity contribution in [2.75, 3.05) is 0 Å². The monoisotopic (exact) mass is 256 g/mol. The van der Waals surface area contributed by atoms with Gasteiger partial charge in [0.25, 0.3) is 5.91 Å². The molecule has 0 aliphatic heterocycles. The van der Waals surface area contributed by atoms with E-state index in [1.54, 1.807) is 24.3 Å². The van der Waals surface area contributed by atoms with Crippen molar-refractivity contribution >= 4 is 5.91 Å². The molecule has 3 nitrogen and oxygen atoms in total. The first kappa shape index (κ1) is 13.6. The third kappa shape index (κ3) is 3.57. The number of nitrogens with one attached hydrogen (secondary N) is 1. The van der Waals surface area contributed by atoms with Crippen LogP contribution in [0.5, 0.6) is 0 Å². The number of hydrogen-bond acceptors (Lipinski definition) is 2. The van der Waals surface area contributed by atoms with Gasteiger partial charge in [-0.3, -0.25) is 4.79 Å². The van der Waals surface area contributed by atoms with Gasteiger partial charge >= 0.3 is 0 Å². The van der Waals surface area contributed by atoms with Gasteiger partial charge in [-0.05, 0) is 43.0 Å². The highest BCUT2D eigenvalue weighted by molar-refractivity contribution is 5.94. The number of nitrogens with zero attached hydrogens (tertiary/aromatic N) is 1. The molecule has 1 aromatic carbocycles. The summed E-state index contributed by atoms with van der Waals surface area (Å²) < 4.78 is 0. The zero-order chi connectivity index (χ0) is 13.7. The Hall–Kier alpha value is -1.82. The summed E-state index contributed by atoms with van der Waals surface area (Å²) in [4.78, 5) is 12.1. The van der Waals surface area contributed by atoms with Gasteiger partial charge in [-0.1, -0.05) is 26.2 Å². The highest BCUT2D eigenvalue weighted by Crippen LogP contribution is 2.26. The largest absolute Gasteiger partial charge is 0.349 e. The Bertz CT molecular complexity index is 473. The van der Waals surface area contributed by atoms with E-state index in [0.29, 0.717) is 17.2 Å². The molecule has 1 N–H and O–H groups in total. The van der Waals surface area contributed by atoms with Crippen LogP contribution in [0, 0.1) is 17.2 Å². The van der Waals surface area contributed by atoms with Crippen molar-refractivity contribution in [1.82, 2.24) is 5.32 Å². The second-order valence-corrected chi connectivity index (χ2v) is 5.30. The van der Waals surface area contributed by atoms with Crippen LogP contribution in [0.2, 0.25) is 0 Å². The summed E-state index contributed by atoms with van der Waals surface area (Å²) in [5.41, 5.74) is 1.22. The fourth-order valence-electron chi connectivity index (χ4n) is 2.76. The fourth-order valence-corrected chi connectivity index (χ4v) is 2.76. The molecule has 2 atom stereocenters. The maximum Gasteiger partial charge on any atom is 0.251 e. The molecule has 0 radical (unpaired) electrons. The number of benzene rings is 1. The zero-order valence-corrected chi connectivity index (χ0v) is 11.4. The van der Waals surface area contributed by atoms with E-state index in [9.17, 15) is 4.79 Å². The van der Waals surface area contributed by atoms with Crippen LogP contribution in [0.15, 0.2) is 24.3 Å².